The molecule has 1 aromatic carbocycles. The number of aliphatic hydroxyl groups excluding tert-OH is 1. The Balaban J connectivity index is 1.95. The van der Waals surface area contributed by atoms with E-state index in [1.165, 1.54) is 48.1 Å². The molecule has 0 aliphatic heterocycles. The van der Waals surface area contributed by atoms with Crippen LogP contribution in [-0.4, -0.2) is 5.11 Å². The molecule has 0 saturated heterocycles. The van der Waals surface area contributed by atoms with Crippen LogP contribution in [0.2, 0.25) is 0 Å². The van der Waals surface area contributed by atoms with E-state index in [9.17, 15) is 5.11 Å². The van der Waals surface area contributed by atoms with E-state index in [2.05, 4.69) is 48.0 Å². The van der Waals surface area contributed by atoms with Gasteiger partial charge in [-0.1, -0.05) is 28.4 Å². The number of fused-ring (bicyclic) bond motifs is 1. The van der Waals surface area contributed by atoms with Crippen LogP contribution in [0.3, 0.4) is 0 Å². The minimum absolute atomic E-state index is 0.492. The molecule has 0 fully saturated rings. The number of rotatable bonds is 2. The first-order chi connectivity index (χ1) is 10.1. The lowest BCUT2D eigenvalue weighted by atomic mass is 9.99. The molecule has 1 aromatic heterocycles. The Morgan fingerprint density at radius 2 is 1.81 bits per heavy atom. The van der Waals surface area contributed by atoms with Crippen molar-refractivity contribution >= 4 is 27.3 Å². The van der Waals surface area contributed by atoms with Crippen molar-refractivity contribution in [3.8, 4) is 0 Å². The molecule has 2 aromatic rings. The lowest BCUT2D eigenvalue weighted by molar-refractivity contribution is 0.223. The smallest absolute Gasteiger partial charge is 0.113 e. The Morgan fingerprint density at radius 1 is 1.05 bits per heavy atom. The number of hydrogen-bond acceptors (Lipinski definition) is 2. The summed E-state index contributed by atoms with van der Waals surface area (Å²) in [6.07, 6.45) is 5.79. The van der Waals surface area contributed by atoms with Crippen LogP contribution in [0.5, 0.6) is 0 Å². The van der Waals surface area contributed by atoms with Gasteiger partial charge in [-0.3, -0.25) is 0 Å². The minimum atomic E-state index is -0.492. The van der Waals surface area contributed by atoms with Crippen LogP contribution >= 0.6 is 27.3 Å². The van der Waals surface area contributed by atoms with Gasteiger partial charge in [-0.05, 0) is 73.9 Å². The summed E-state index contributed by atoms with van der Waals surface area (Å²) >= 11 is 5.37. The molecular weight excluding hydrogens is 344 g/mol. The van der Waals surface area contributed by atoms with Gasteiger partial charge in [-0.2, -0.15) is 0 Å². The fourth-order valence-electron chi connectivity index (χ4n) is 3.08. The van der Waals surface area contributed by atoms with Gasteiger partial charge in [0, 0.05) is 14.2 Å². The van der Waals surface area contributed by atoms with Crippen molar-refractivity contribution in [2.75, 3.05) is 0 Å². The van der Waals surface area contributed by atoms with Crippen LogP contribution in [0.15, 0.2) is 22.7 Å². The third kappa shape index (κ3) is 3.10. The molecule has 0 saturated carbocycles. The van der Waals surface area contributed by atoms with Crippen molar-refractivity contribution in [3.63, 3.8) is 0 Å². The fraction of sp³-hybridized carbons (Fsp3) is 0.444. The summed E-state index contributed by atoms with van der Waals surface area (Å²) in [7, 11) is 0. The highest BCUT2D eigenvalue weighted by Crippen LogP contribution is 2.36. The Morgan fingerprint density at radius 3 is 2.62 bits per heavy atom. The molecule has 21 heavy (non-hydrogen) atoms. The zero-order valence-electron chi connectivity index (χ0n) is 12.6. The van der Waals surface area contributed by atoms with E-state index in [4.69, 9.17) is 0 Å². The topological polar surface area (TPSA) is 20.2 Å². The van der Waals surface area contributed by atoms with Crippen molar-refractivity contribution in [1.29, 1.82) is 0 Å². The third-order valence-corrected chi connectivity index (χ3v) is 6.52. The summed E-state index contributed by atoms with van der Waals surface area (Å²) in [5.41, 5.74) is 4.82. The molecule has 1 unspecified atom stereocenters. The van der Waals surface area contributed by atoms with E-state index in [0.29, 0.717) is 0 Å². The van der Waals surface area contributed by atoms with Gasteiger partial charge in [0.15, 0.2) is 0 Å². The Bertz CT molecular complexity index is 636. The lowest BCUT2D eigenvalue weighted by Gasteiger charge is -2.14. The molecule has 1 aliphatic carbocycles. The van der Waals surface area contributed by atoms with Gasteiger partial charge in [0.2, 0.25) is 0 Å². The van der Waals surface area contributed by atoms with Crippen molar-refractivity contribution in [3.05, 3.63) is 54.7 Å². The van der Waals surface area contributed by atoms with Crippen molar-refractivity contribution < 1.29 is 5.11 Å². The molecule has 1 heterocycles. The zero-order valence-corrected chi connectivity index (χ0v) is 15.0. The van der Waals surface area contributed by atoms with E-state index in [1.807, 2.05) is 11.3 Å². The van der Waals surface area contributed by atoms with E-state index in [1.54, 1.807) is 0 Å². The largest absolute Gasteiger partial charge is 0.383 e. The molecule has 1 N–H and O–H groups in total. The lowest BCUT2D eigenvalue weighted by Crippen LogP contribution is -2.01. The maximum atomic E-state index is 10.8. The highest BCUT2D eigenvalue weighted by molar-refractivity contribution is 9.10. The second kappa shape index (κ2) is 6.23. The second-order valence-electron chi connectivity index (χ2n) is 6.02. The fourth-order valence-corrected chi connectivity index (χ4v) is 4.80. The first-order valence-electron chi connectivity index (χ1n) is 7.62. The zero-order chi connectivity index (χ0) is 15.0. The molecular formula is C18H21BrOS. The number of hydrogen-bond donors (Lipinski definition) is 1. The minimum Gasteiger partial charge on any atom is -0.383 e. The van der Waals surface area contributed by atoms with Crippen LogP contribution in [-0.2, 0) is 12.8 Å². The average Bonchev–Trinajstić information content (AvgIpc) is 2.73. The Hall–Kier alpha value is -0.640. The van der Waals surface area contributed by atoms with Gasteiger partial charge in [0.1, 0.15) is 6.10 Å². The maximum absolute atomic E-state index is 10.8. The van der Waals surface area contributed by atoms with Crippen LogP contribution in [0, 0.1) is 13.8 Å². The molecule has 0 bridgehead atoms. The third-order valence-electron chi connectivity index (χ3n) is 4.38. The summed E-state index contributed by atoms with van der Waals surface area (Å²) in [4.78, 5) is 2.60. The van der Waals surface area contributed by atoms with Gasteiger partial charge in [-0.15, -0.1) is 11.3 Å². The van der Waals surface area contributed by atoms with Crippen molar-refractivity contribution in [1.82, 2.24) is 0 Å². The summed E-state index contributed by atoms with van der Waals surface area (Å²) in [5, 5.41) is 10.8. The van der Waals surface area contributed by atoms with Gasteiger partial charge < -0.3 is 5.11 Å². The number of aliphatic hydroxyl groups is 1. The first-order valence-corrected chi connectivity index (χ1v) is 9.23. The monoisotopic (exact) mass is 364 g/mol. The molecule has 1 aliphatic rings. The van der Waals surface area contributed by atoms with Gasteiger partial charge in [-0.25, -0.2) is 0 Å². The summed E-state index contributed by atoms with van der Waals surface area (Å²) in [6, 6.07) is 6.45. The highest BCUT2D eigenvalue weighted by Gasteiger charge is 2.20. The molecule has 112 valence electrons. The Labute approximate surface area is 139 Å². The van der Waals surface area contributed by atoms with Crippen LogP contribution in [0.4, 0.5) is 0 Å². The van der Waals surface area contributed by atoms with E-state index in [0.717, 1.165) is 20.5 Å². The van der Waals surface area contributed by atoms with Crippen LogP contribution < -0.4 is 0 Å². The van der Waals surface area contributed by atoms with Crippen LogP contribution in [0.1, 0.15) is 57.4 Å². The highest BCUT2D eigenvalue weighted by atomic mass is 79.9. The van der Waals surface area contributed by atoms with E-state index >= 15 is 0 Å². The number of benzene rings is 1. The molecule has 3 heteroatoms. The standard InChI is InChI=1S/C18H21BrOS/c1-11-9-15(19)12(2)8-14(11)18(20)17-10-13-6-4-3-5-7-16(13)21-17/h8-10,18,20H,3-7H2,1-2H3. The van der Waals surface area contributed by atoms with E-state index < -0.39 is 6.10 Å². The molecule has 3 rings (SSSR count). The Kier molecular flexibility index (Phi) is 4.53. The SMILES string of the molecule is Cc1cc(C(O)c2cc3c(s2)CCCCC3)c(C)cc1Br. The maximum Gasteiger partial charge on any atom is 0.113 e. The van der Waals surface area contributed by atoms with Crippen molar-refractivity contribution in [2.24, 2.45) is 0 Å². The first kappa shape index (κ1) is 15.3. The van der Waals surface area contributed by atoms with E-state index in [-0.39, 0.29) is 0 Å². The number of aryl methyl sites for hydroxylation is 4. The summed E-state index contributed by atoms with van der Waals surface area (Å²) < 4.78 is 1.11. The normalized spacial score (nSPS) is 16.4. The predicted molar refractivity (Wildman–Crippen MR) is 93.3 cm³/mol. The summed E-state index contributed by atoms with van der Waals surface area (Å²) in [5.74, 6) is 0. The number of thiophene rings is 1. The molecule has 1 atom stereocenters. The van der Waals surface area contributed by atoms with Gasteiger partial charge in [0.25, 0.3) is 0 Å². The predicted octanol–water partition coefficient (Wildman–Crippen LogP) is 5.48. The average molecular weight is 365 g/mol. The molecule has 0 spiro atoms. The summed E-state index contributed by atoms with van der Waals surface area (Å²) in [6.45, 7) is 4.14. The number of halogens is 1. The molecule has 1 nitrogen and oxygen atoms in total. The molecule has 0 amide bonds. The quantitative estimate of drug-likeness (QED) is 0.699. The van der Waals surface area contributed by atoms with Crippen molar-refractivity contribution in [2.45, 2.75) is 52.1 Å². The van der Waals surface area contributed by atoms with Gasteiger partial charge >= 0.3 is 0 Å². The second-order valence-corrected chi connectivity index (χ2v) is 8.04. The van der Waals surface area contributed by atoms with Gasteiger partial charge in [0.05, 0.1) is 0 Å². The van der Waals surface area contributed by atoms with Crippen LogP contribution in [0.25, 0.3) is 0 Å². The molecule has 0 radical (unpaired) electrons.